The van der Waals surface area contributed by atoms with Gasteiger partial charge in [0.25, 0.3) is 0 Å². The molecule has 2 aromatic carbocycles. The van der Waals surface area contributed by atoms with Crippen LogP contribution >= 0.6 is 11.5 Å². The third-order valence-electron chi connectivity index (χ3n) is 6.62. The van der Waals surface area contributed by atoms with E-state index in [9.17, 15) is 19.1 Å². The van der Waals surface area contributed by atoms with E-state index in [1.54, 1.807) is 30.0 Å². The molecule has 2 amide bonds. The van der Waals surface area contributed by atoms with Gasteiger partial charge in [-0.3, -0.25) is 0 Å². The lowest BCUT2D eigenvalue weighted by Crippen LogP contribution is -2.38. The number of urea groups is 1. The zero-order chi connectivity index (χ0) is 23.2. The van der Waals surface area contributed by atoms with Crippen LogP contribution in [0.3, 0.4) is 0 Å². The van der Waals surface area contributed by atoms with Crippen LogP contribution in [0.4, 0.5) is 14.9 Å². The first-order valence-electron chi connectivity index (χ1n) is 10.8. The summed E-state index contributed by atoms with van der Waals surface area (Å²) in [4.78, 5) is 31.0. The average Bonchev–Trinajstić information content (AvgIpc) is 3.30. The Morgan fingerprint density at radius 2 is 2.06 bits per heavy atom. The van der Waals surface area contributed by atoms with E-state index >= 15 is 0 Å². The van der Waals surface area contributed by atoms with E-state index in [1.165, 1.54) is 23.9 Å². The molecule has 9 heteroatoms. The van der Waals surface area contributed by atoms with Crippen molar-refractivity contribution >= 4 is 29.2 Å². The number of rotatable bonds is 5. The maximum absolute atomic E-state index is 14.4. The summed E-state index contributed by atoms with van der Waals surface area (Å²) in [5.41, 5.74) is 2.03. The number of hydrogen-bond acceptors (Lipinski definition) is 5. The topological polar surface area (TPSA) is 95.4 Å². The summed E-state index contributed by atoms with van der Waals surface area (Å²) in [6, 6.07) is 9.88. The van der Waals surface area contributed by atoms with Crippen LogP contribution in [0, 0.1) is 12.7 Å². The molecule has 33 heavy (non-hydrogen) atoms. The standard InChI is InChI=1S/C24H23FN4O3S/c1-14-2-6-17(11-19(14)25)24(22-26-13-27-33-22)8-9-29(12-24)23(32)28-20-10-16(15-3-4-15)5-7-18(20)21(30)31/h2,5-7,10-11,13,15H,3-4,8-9,12H2,1H3,(H,28,32)(H,30,31)/t24-/m0/s1. The van der Waals surface area contributed by atoms with E-state index in [4.69, 9.17) is 0 Å². The van der Waals surface area contributed by atoms with Crippen LogP contribution in [0.2, 0.25) is 0 Å². The summed E-state index contributed by atoms with van der Waals surface area (Å²) in [7, 11) is 0. The number of benzene rings is 2. The molecule has 1 aromatic heterocycles. The molecule has 1 atom stereocenters. The molecule has 0 radical (unpaired) electrons. The van der Waals surface area contributed by atoms with Gasteiger partial charge < -0.3 is 15.3 Å². The Morgan fingerprint density at radius 1 is 1.24 bits per heavy atom. The molecule has 0 spiro atoms. The molecule has 3 aromatic rings. The summed E-state index contributed by atoms with van der Waals surface area (Å²) >= 11 is 1.24. The number of halogens is 1. The zero-order valence-corrected chi connectivity index (χ0v) is 18.9. The van der Waals surface area contributed by atoms with E-state index in [2.05, 4.69) is 14.7 Å². The summed E-state index contributed by atoms with van der Waals surface area (Å²) in [6.07, 6.45) is 4.18. The fraction of sp³-hybridized carbons (Fsp3) is 0.333. The Balaban J connectivity index is 1.43. The fourth-order valence-electron chi connectivity index (χ4n) is 4.51. The van der Waals surface area contributed by atoms with Crippen molar-refractivity contribution in [2.75, 3.05) is 18.4 Å². The van der Waals surface area contributed by atoms with E-state index in [0.717, 1.165) is 29.0 Å². The van der Waals surface area contributed by atoms with Crippen molar-refractivity contribution < 1.29 is 19.1 Å². The number of carboxylic acids is 1. The second kappa shape index (κ2) is 8.22. The smallest absolute Gasteiger partial charge is 0.337 e. The number of aromatic nitrogens is 2. The molecule has 2 aliphatic rings. The first-order chi connectivity index (χ1) is 15.9. The van der Waals surface area contributed by atoms with Crippen molar-refractivity contribution in [3.05, 3.63) is 75.8 Å². The Hall–Kier alpha value is -3.33. The number of carboxylic acid groups (broad SMARTS) is 1. The van der Waals surface area contributed by atoms with Crippen molar-refractivity contribution in [3.8, 4) is 0 Å². The highest BCUT2D eigenvalue weighted by atomic mass is 32.1. The summed E-state index contributed by atoms with van der Waals surface area (Å²) in [6.45, 7) is 2.42. The van der Waals surface area contributed by atoms with Crippen LogP contribution in [0.15, 0.2) is 42.7 Å². The van der Waals surface area contributed by atoms with Crippen molar-refractivity contribution in [2.45, 2.75) is 37.5 Å². The molecule has 1 saturated heterocycles. The van der Waals surface area contributed by atoms with Gasteiger partial charge in [-0.25, -0.2) is 19.0 Å². The molecule has 7 nitrogen and oxygen atoms in total. The number of likely N-dealkylation sites (tertiary alicyclic amines) is 1. The minimum absolute atomic E-state index is 0.0583. The van der Waals surface area contributed by atoms with E-state index in [1.807, 2.05) is 12.1 Å². The highest BCUT2D eigenvalue weighted by Crippen LogP contribution is 2.43. The van der Waals surface area contributed by atoms with E-state index in [0.29, 0.717) is 36.7 Å². The van der Waals surface area contributed by atoms with Crippen LogP contribution in [-0.4, -0.2) is 44.5 Å². The SMILES string of the molecule is Cc1ccc([C@]2(c3ncns3)CCN(C(=O)Nc3cc(C4CC4)ccc3C(=O)O)C2)cc1F. The van der Waals surface area contributed by atoms with Crippen LogP contribution in [-0.2, 0) is 5.41 Å². The Kier molecular flexibility index (Phi) is 5.36. The lowest BCUT2D eigenvalue weighted by Gasteiger charge is -2.28. The third-order valence-corrected chi connectivity index (χ3v) is 7.48. The molecule has 1 saturated carbocycles. The molecule has 2 N–H and O–H groups in total. The first-order valence-corrected chi connectivity index (χ1v) is 11.6. The van der Waals surface area contributed by atoms with Gasteiger partial charge in [0.15, 0.2) is 0 Å². The number of aromatic carboxylic acids is 1. The lowest BCUT2D eigenvalue weighted by atomic mass is 9.80. The number of nitrogens with one attached hydrogen (secondary N) is 1. The summed E-state index contributed by atoms with van der Waals surface area (Å²) in [5.74, 6) is -0.966. The predicted molar refractivity (Wildman–Crippen MR) is 122 cm³/mol. The molecule has 170 valence electrons. The third kappa shape index (κ3) is 3.97. The van der Waals surface area contributed by atoms with Crippen LogP contribution in [0.1, 0.15) is 57.2 Å². The average molecular weight is 467 g/mol. The second-order valence-corrected chi connectivity index (χ2v) is 9.56. The number of aryl methyl sites for hydroxylation is 1. The van der Waals surface area contributed by atoms with Crippen molar-refractivity contribution in [2.24, 2.45) is 0 Å². The number of anilines is 1. The van der Waals surface area contributed by atoms with Gasteiger partial charge in [0.2, 0.25) is 0 Å². The van der Waals surface area contributed by atoms with Crippen LogP contribution < -0.4 is 5.32 Å². The van der Waals surface area contributed by atoms with Gasteiger partial charge in [-0.15, -0.1) is 0 Å². The van der Waals surface area contributed by atoms with Gasteiger partial charge >= 0.3 is 12.0 Å². The highest BCUT2D eigenvalue weighted by Gasteiger charge is 2.45. The number of hydrogen-bond donors (Lipinski definition) is 2. The number of amides is 2. The largest absolute Gasteiger partial charge is 0.478 e. The van der Waals surface area contributed by atoms with Gasteiger partial charge in [-0.1, -0.05) is 18.2 Å². The molecule has 1 aliphatic heterocycles. The highest BCUT2D eigenvalue weighted by molar-refractivity contribution is 7.05. The zero-order valence-electron chi connectivity index (χ0n) is 18.0. The van der Waals surface area contributed by atoms with Crippen molar-refractivity contribution in [3.63, 3.8) is 0 Å². The quantitative estimate of drug-likeness (QED) is 0.564. The van der Waals surface area contributed by atoms with Gasteiger partial charge in [-0.05, 0) is 78.5 Å². The molecular weight excluding hydrogens is 443 g/mol. The fourth-order valence-corrected chi connectivity index (χ4v) is 5.26. The molecule has 2 heterocycles. The second-order valence-electron chi connectivity index (χ2n) is 8.78. The van der Waals surface area contributed by atoms with Crippen LogP contribution in [0.25, 0.3) is 0 Å². The number of carbonyl (C=O) groups is 2. The molecular formula is C24H23FN4O3S. The van der Waals surface area contributed by atoms with Crippen LogP contribution in [0.5, 0.6) is 0 Å². The summed E-state index contributed by atoms with van der Waals surface area (Å²) in [5, 5.41) is 13.1. The summed E-state index contributed by atoms with van der Waals surface area (Å²) < 4.78 is 18.6. The number of nitrogens with zero attached hydrogens (tertiary/aromatic N) is 3. The minimum atomic E-state index is -1.09. The van der Waals surface area contributed by atoms with Gasteiger partial charge in [0.1, 0.15) is 17.2 Å². The van der Waals surface area contributed by atoms with E-state index < -0.39 is 11.4 Å². The Morgan fingerprint density at radius 3 is 2.73 bits per heavy atom. The number of carbonyl (C=O) groups excluding carboxylic acids is 1. The predicted octanol–water partition coefficient (Wildman–Crippen LogP) is 4.79. The lowest BCUT2D eigenvalue weighted by molar-refractivity contribution is 0.0698. The minimum Gasteiger partial charge on any atom is -0.478 e. The molecule has 2 fully saturated rings. The van der Waals surface area contributed by atoms with Gasteiger partial charge in [-0.2, -0.15) is 4.37 Å². The molecule has 1 aliphatic carbocycles. The molecule has 0 bridgehead atoms. The maximum Gasteiger partial charge on any atom is 0.337 e. The Labute approximate surface area is 194 Å². The van der Waals surface area contributed by atoms with E-state index in [-0.39, 0.29) is 17.4 Å². The molecule has 5 rings (SSSR count). The molecule has 0 unspecified atom stereocenters. The first kappa shape index (κ1) is 21.5. The van der Waals surface area contributed by atoms with Gasteiger partial charge in [0, 0.05) is 13.1 Å². The van der Waals surface area contributed by atoms with Crippen molar-refractivity contribution in [1.82, 2.24) is 14.3 Å². The van der Waals surface area contributed by atoms with Crippen molar-refractivity contribution in [1.29, 1.82) is 0 Å². The monoisotopic (exact) mass is 466 g/mol. The normalized spacial score (nSPS) is 20.1. The van der Waals surface area contributed by atoms with Gasteiger partial charge in [0.05, 0.1) is 16.7 Å². The Bertz CT molecular complexity index is 1230. The maximum atomic E-state index is 14.4.